The van der Waals surface area contributed by atoms with Gasteiger partial charge in [-0.2, -0.15) is 0 Å². The van der Waals surface area contributed by atoms with Gasteiger partial charge in [-0.05, 0) is 37.3 Å². The zero-order valence-electron chi connectivity index (χ0n) is 17.8. The Labute approximate surface area is 192 Å². The van der Waals surface area contributed by atoms with E-state index in [0.29, 0.717) is 35.2 Å². The average Bonchev–Trinajstić information content (AvgIpc) is 2.81. The third kappa shape index (κ3) is 4.70. The maximum absolute atomic E-state index is 12.3. The van der Waals surface area contributed by atoms with E-state index in [1.807, 2.05) is 24.3 Å². The van der Waals surface area contributed by atoms with Crippen molar-refractivity contribution in [3.05, 3.63) is 65.4 Å². The van der Waals surface area contributed by atoms with Crippen molar-refractivity contribution in [3.63, 3.8) is 0 Å². The first-order valence-corrected chi connectivity index (χ1v) is 10.8. The van der Waals surface area contributed by atoms with Gasteiger partial charge in [0.2, 0.25) is 0 Å². The first kappa shape index (κ1) is 21.7. The molecule has 0 atom stereocenters. The van der Waals surface area contributed by atoms with Crippen LogP contribution in [0.25, 0.3) is 0 Å². The first-order chi connectivity index (χ1) is 15.6. The molecule has 3 aromatic rings. The molecular formula is C23H25ClN6O2. The van der Waals surface area contributed by atoms with E-state index in [2.05, 4.69) is 31.2 Å². The van der Waals surface area contributed by atoms with Crippen molar-refractivity contribution < 1.29 is 9.53 Å². The molecule has 1 aliphatic rings. The van der Waals surface area contributed by atoms with Crippen LogP contribution in [0, 0.1) is 0 Å². The highest BCUT2D eigenvalue weighted by Crippen LogP contribution is 2.31. The van der Waals surface area contributed by atoms with Crippen molar-refractivity contribution >= 4 is 46.3 Å². The lowest BCUT2D eigenvalue weighted by Crippen LogP contribution is -2.47. The summed E-state index contributed by atoms with van der Waals surface area (Å²) in [5.74, 6) is 0.714. The van der Waals surface area contributed by atoms with Crippen LogP contribution in [0.1, 0.15) is 17.3 Å². The normalized spacial score (nSPS) is 13.7. The minimum atomic E-state index is -0.402. The molecule has 8 nitrogen and oxygen atoms in total. The maximum Gasteiger partial charge on any atom is 0.340 e. The Hall–Kier alpha value is -3.52. The van der Waals surface area contributed by atoms with Crippen molar-refractivity contribution in [2.75, 3.05) is 53.6 Å². The lowest BCUT2D eigenvalue weighted by Gasteiger charge is -2.37. The van der Waals surface area contributed by atoms with Crippen molar-refractivity contribution in [2.45, 2.75) is 6.92 Å². The molecule has 1 fully saturated rings. The molecule has 2 heterocycles. The fourth-order valence-electron chi connectivity index (χ4n) is 3.69. The number of aromatic nitrogens is 2. The van der Waals surface area contributed by atoms with Crippen molar-refractivity contribution in [3.8, 4) is 0 Å². The highest BCUT2D eigenvalue weighted by atomic mass is 35.5. The number of nitrogens with zero attached hydrogens (tertiary/aromatic N) is 4. The number of halogens is 1. The molecule has 0 bridgehead atoms. The Morgan fingerprint density at radius 1 is 1.09 bits per heavy atom. The van der Waals surface area contributed by atoms with E-state index in [9.17, 15) is 4.79 Å². The molecule has 4 rings (SSSR count). The van der Waals surface area contributed by atoms with E-state index < -0.39 is 5.97 Å². The van der Waals surface area contributed by atoms with Gasteiger partial charge in [0.05, 0.1) is 17.9 Å². The third-order valence-corrected chi connectivity index (χ3v) is 5.53. The van der Waals surface area contributed by atoms with Gasteiger partial charge in [-0.25, -0.2) is 14.8 Å². The minimum Gasteiger partial charge on any atom is -0.462 e. The predicted molar refractivity (Wildman–Crippen MR) is 128 cm³/mol. The Morgan fingerprint density at radius 2 is 1.84 bits per heavy atom. The fraction of sp³-hybridized carbons (Fsp3) is 0.261. The van der Waals surface area contributed by atoms with Gasteiger partial charge in [0.1, 0.15) is 12.0 Å². The van der Waals surface area contributed by atoms with Gasteiger partial charge in [0, 0.05) is 36.9 Å². The second-order valence-electron chi connectivity index (χ2n) is 7.30. The number of hydrogen-bond acceptors (Lipinski definition) is 8. The number of esters is 1. The molecular weight excluding hydrogens is 428 g/mol. The van der Waals surface area contributed by atoms with Crippen LogP contribution >= 0.6 is 11.6 Å². The summed E-state index contributed by atoms with van der Waals surface area (Å²) in [6.07, 6.45) is 1.48. The average molecular weight is 453 g/mol. The second-order valence-corrected chi connectivity index (χ2v) is 7.74. The van der Waals surface area contributed by atoms with Crippen LogP contribution in [-0.2, 0) is 4.74 Å². The molecule has 0 unspecified atom stereocenters. The van der Waals surface area contributed by atoms with Gasteiger partial charge < -0.3 is 25.6 Å². The molecule has 9 heteroatoms. The molecule has 1 saturated heterocycles. The van der Waals surface area contributed by atoms with Crippen LogP contribution in [0.15, 0.2) is 54.9 Å². The van der Waals surface area contributed by atoms with Gasteiger partial charge in [-0.1, -0.05) is 29.8 Å². The van der Waals surface area contributed by atoms with E-state index in [4.69, 9.17) is 22.1 Å². The molecule has 0 aliphatic carbocycles. The van der Waals surface area contributed by atoms with Crippen molar-refractivity contribution in [1.82, 2.24) is 9.97 Å². The van der Waals surface area contributed by atoms with E-state index in [1.54, 1.807) is 25.1 Å². The lowest BCUT2D eigenvalue weighted by molar-refractivity contribution is 0.0527. The molecule has 166 valence electrons. The fourth-order valence-corrected chi connectivity index (χ4v) is 3.88. The minimum absolute atomic E-state index is 0.300. The van der Waals surface area contributed by atoms with Gasteiger partial charge in [-0.3, -0.25) is 0 Å². The van der Waals surface area contributed by atoms with Crippen molar-refractivity contribution in [2.24, 2.45) is 0 Å². The Bertz CT molecular complexity index is 1100. The van der Waals surface area contributed by atoms with Gasteiger partial charge in [0.25, 0.3) is 0 Å². The SMILES string of the molecule is CCOC(=O)c1ccccc1Nc1ncnc(N2CCN(c3cccc(Cl)c3)CC2)c1N. The van der Waals surface area contributed by atoms with Gasteiger partial charge in [0.15, 0.2) is 11.6 Å². The van der Waals surface area contributed by atoms with E-state index >= 15 is 0 Å². The van der Waals surface area contributed by atoms with Crippen LogP contribution in [0.3, 0.4) is 0 Å². The molecule has 1 aromatic heterocycles. The summed E-state index contributed by atoms with van der Waals surface area (Å²) >= 11 is 6.14. The summed E-state index contributed by atoms with van der Waals surface area (Å²) in [6.45, 7) is 5.22. The number of rotatable bonds is 6. The molecule has 3 N–H and O–H groups in total. The summed E-state index contributed by atoms with van der Waals surface area (Å²) in [6, 6.07) is 15.0. The largest absolute Gasteiger partial charge is 0.462 e. The highest BCUT2D eigenvalue weighted by Gasteiger charge is 2.22. The Balaban J connectivity index is 1.50. The summed E-state index contributed by atoms with van der Waals surface area (Å²) < 4.78 is 5.15. The van der Waals surface area contributed by atoms with Crippen molar-refractivity contribution in [1.29, 1.82) is 0 Å². The van der Waals surface area contributed by atoms with Crippen LogP contribution in [0.5, 0.6) is 0 Å². The number of nitrogens with one attached hydrogen (secondary N) is 1. The summed E-state index contributed by atoms with van der Waals surface area (Å²) in [4.78, 5) is 25.4. The Morgan fingerprint density at radius 3 is 2.59 bits per heavy atom. The smallest absolute Gasteiger partial charge is 0.340 e. The third-order valence-electron chi connectivity index (χ3n) is 5.29. The standard InChI is InChI=1S/C23H25ClN6O2/c1-2-32-23(31)18-8-3-4-9-19(18)28-21-20(25)22(27-15-26-21)30-12-10-29(11-13-30)17-7-5-6-16(24)14-17/h3-9,14-15H,2,10-13,25H2,1H3,(H,26,27,28). The zero-order valence-corrected chi connectivity index (χ0v) is 18.5. The van der Waals surface area contributed by atoms with Crippen LogP contribution in [-0.4, -0.2) is 48.7 Å². The van der Waals surface area contributed by atoms with Crippen LogP contribution < -0.4 is 20.9 Å². The van der Waals surface area contributed by atoms with E-state index in [-0.39, 0.29) is 0 Å². The monoisotopic (exact) mass is 452 g/mol. The van der Waals surface area contributed by atoms with E-state index in [1.165, 1.54) is 6.33 Å². The second kappa shape index (κ2) is 9.74. The number of nitrogens with two attached hydrogens (primary N) is 1. The van der Waals surface area contributed by atoms with Crippen LogP contribution in [0.4, 0.5) is 28.7 Å². The topological polar surface area (TPSA) is 96.6 Å². The predicted octanol–water partition coefficient (Wildman–Crippen LogP) is 3.96. The molecule has 0 amide bonds. The number of carbonyl (C=O) groups excluding carboxylic acids is 1. The molecule has 1 aliphatic heterocycles. The number of piperazine rings is 1. The summed E-state index contributed by atoms with van der Waals surface area (Å²) in [5, 5.41) is 3.90. The summed E-state index contributed by atoms with van der Waals surface area (Å²) in [7, 11) is 0. The Kier molecular flexibility index (Phi) is 6.61. The number of nitrogen functional groups attached to an aromatic ring is 1. The number of ether oxygens (including phenoxy) is 1. The molecule has 2 aromatic carbocycles. The maximum atomic E-state index is 12.3. The van der Waals surface area contributed by atoms with Gasteiger partial charge in [-0.15, -0.1) is 0 Å². The zero-order chi connectivity index (χ0) is 22.5. The first-order valence-electron chi connectivity index (χ1n) is 10.5. The van der Waals surface area contributed by atoms with Gasteiger partial charge >= 0.3 is 5.97 Å². The molecule has 0 saturated carbocycles. The number of benzene rings is 2. The number of carbonyl (C=O) groups is 1. The number of hydrogen-bond donors (Lipinski definition) is 2. The lowest BCUT2D eigenvalue weighted by atomic mass is 10.1. The highest BCUT2D eigenvalue weighted by molar-refractivity contribution is 6.30. The van der Waals surface area contributed by atoms with Crippen LogP contribution in [0.2, 0.25) is 5.02 Å². The quantitative estimate of drug-likeness (QED) is 0.542. The number of para-hydroxylation sites is 1. The van der Waals surface area contributed by atoms with E-state index in [0.717, 1.165) is 36.9 Å². The molecule has 0 radical (unpaired) electrons. The molecule has 32 heavy (non-hydrogen) atoms. The molecule has 0 spiro atoms. The number of anilines is 5. The summed E-state index contributed by atoms with van der Waals surface area (Å²) in [5.41, 5.74) is 8.97.